The first kappa shape index (κ1) is 14.0. The summed E-state index contributed by atoms with van der Waals surface area (Å²) in [7, 11) is 1.53. The van der Waals surface area contributed by atoms with Crippen LogP contribution < -0.4 is 5.32 Å². The summed E-state index contributed by atoms with van der Waals surface area (Å²) in [6.07, 6.45) is 0.625. The molecule has 0 fully saturated rings. The van der Waals surface area contributed by atoms with Gasteiger partial charge in [-0.3, -0.25) is 9.59 Å². The number of halogens is 2. The van der Waals surface area contributed by atoms with Crippen LogP contribution in [0.15, 0.2) is 27.8 Å². The fourth-order valence-corrected chi connectivity index (χ4v) is 2.34. The highest BCUT2D eigenvalue weighted by molar-refractivity contribution is 9.10. The molecule has 0 aromatic heterocycles. The summed E-state index contributed by atoms with van der Waals surface area (Å²) in [5.74, 6) is -0.443. The van der Waals surface area contributed by atoms with Gasteiger partial charge in [0, 0.05) is 24.4 Å². The van der Waals surface area contributed by atoms with E-state index in [2.05, 4.69) is 26.3 Å². The van der Waals surface area contributed by atoms with Crippen LogP contribution in [-0.4, -0.2) is 29.6 Å². The Bertz CT molecular complexity index is 574. The van der Waals surface area contributed by atoms with Crippen LogP contribution in [0, 0.1) is 0 Å². The average molecular weight is 345 g/mol. The largest absolute Gasteiger partial charge is 0.320 e. The van der Waals surface area contributed by atoms with Gasteiger partial charge in [0.1, 0.15) is 5.71 Å². The van der Waals surface area contributed by atoms with Crippen LogP contribution in [-0.2, 0) is 9.59 Å². The van der Waals surface area contributed by atoms with Crippen LogP contribution in [0.5, 0.6) is 0 Å². The van der Waals surface area contributed by atoms with Crippen LogP contribution in [0.1, 0.15) is 12.8 Å². The number of anilines is 1. The van der Waals surface area contributed by atoms with Gasteiger partial charge in [0.2, 0.25) is 5.91 Å². The number of rotatable bonds is 2. The van der Waals surface area contributed by atoms with E-state index in [1.54, 1.807) is 18.2 Å². The fraction of sp³-hybridized carbons (Fsp3) is 0.250. The van der Waals surface area contributed by atoms with Gasteiger partial charge in [-0.15, -0.1) is 0 Å². The Morgan fingerprint density at radius 1 is 1.47 bits per heavy atom. The first-order valence-electron chi connectivity index (χ1n) is 5.58. The second-order valence-corrected chi connectivity index (χ2v) is 5.37. The average Bonchev–Trinajstić information content (AvgIpc) is 2.36. The molecule has 0 unspecified atom stereocenters. The van der Waals surface area contributed by atoms with Gasteiger partial charge in [-0.2, -0.15) is 5.10 Å². The minimum absolute atomic E-state index is 0.0989. The molecule has 0 saturated carbocycles. The Balaban J connectivity index is 2.13. The van der Waals surface area contributed by atoms with Gasteiger partial charge in [-0.1, -0.05) is 27.5 Å². The molecule has 2 rings (SSSR count). The fourth-order valence-electron chi connectivity index (χ4n) is 1.62. The van der Waals surface area contributed by atoms with Gasteiger partial charge in [-0.05, 0) is 18.2 Å². The van der Waals surface area contributed by atoms with Crippen molar-refractivity contribution in [3.8, 4) is 0 Å². The summed E-state index contributed by atoms with van der Waals surface area (Å²) in [4.78, 5) is 23.3. The summed E-state index contributed by atoms with van der Waals surface area (Å²) >= 11 is 9.30. The third-order valence-corrected chi connectivity index (χ3v) is 3.45. The lowest BCUT2D eigenvalue weighted by Crippen LogP contribution is -2.34. The zero-order valence-electron chi connectivity index (χ0n) is 10.1. The van der Waals surface area contributed by atoms with Crippen LogP contribution in [0.4, 0.5) is 5.69 Å². The smallest absolute Gasteiger partial charge is 0.271 e. The van der Waals surface area contributed by atoms with Crippen molar-refractivity contribution < 1.29 is 9.59 Å². The maximum Gasteiger partial charge on any atom is 0.271 e. The van der Waals surface area contributed by atoms with Gasteiger partial charge >= 0.3 is 0 Å². The molecule has 1 aromatic carbocycles. The molecule has 19 heavy (non-hydrogen) atoms. The number of nitrogens with one attached hydrogen (secondary N) is 1. The lowest BCUT2D eigenvalue weighted by Gasteiger charge is -2.19. The molecule has 0 bridgehead atoms. The highest BCUT2D eigenvalue weighted by atomic mass is 79.9. The lowest BCUT2D eigenvalue weighted by molar-refractivity contribution is -0.130. The molecule has 0 spiro atoms. The van der Waals surface area contributed by atoms with Gasteiger partial charge in [-0.25, -0.2) is 5.01 Å². The van der Waals surface area contributed by atoms with Crippen molar-refractivity contribution in [1.29, 1.82) is 0 Å². The highest BCUT2D eigenvalue weighted by Gasteiger charge is 2.22. The van der Waals surface area contributed by atoms with E-state index in [0.29, 0.717) is 22.8 Å². The molecule has 0 radical (unpaired) electrons. The molecule has 100 valence electrons. The maximum absolute atomic E-state index is 12.0. The predicted octanol–water partition coefficient (Wildman–Crippen LogP) is 2.65. The lowest BCUT2D eigenvalue weighted by atomic mass is 10.1. The first-order valence-corrected chi connectivity index (χ1v) is 6.75. The molecule has 1 aliphatic heterocycles. The van der Waals surface area contributed by atoms with Gasteiger partial charge in [0.25, 0.3) is 5.91 Å². The molecule has 5 nitrogen and oxygen atoms in total. The van der Waals surface area contributed by atoms with E-state index in [9.17, 15) is 9.59 Å². The van der Waals surface area contributed by atoms with E-state index < -0.39 is 0 Å². The van der Waals surface area contributed by atoms with E-state index in [-0.39, 0.29) is 18.2 Å². The number of carbonyl (C=O) groups excluding carboxylic acids is 2. The van der Waals surface area contributed by atoms with Crippen LogP contribution >= 0.6 is 27.5 Å². The molecule has 1 N–H and O–H groups in total. The SMILES string of the molecule is CN1N=C(C(=O)Nc2ccc(Br)cc2Cl)CCC1=O. The molecule has 1 aliphatic rings. The van der Waals surface area contributed by atoms with Crippen molar-refractivity contribution in [3.63, 3.8) is 0 Å². The van der Waals surface area contributed by atoms with Gasteiger partial charge in [0.05, 0.1) is 10.7 Å². The summed E-state index contributed by atoms with van der Waals surface area (Å²) < 4.78 is 0.829. The van der Waals surface area contributed by atoms with E-state index in [4.69, 9.17) is 11.6 Å². The van der Waals surface area contributed by atoms with Crippen molar-refractivity contribution in [2.75, 3.05) is 12.4 Å². The molecule has 2 amide bonds. The van der Waals surface area contributed by atoms with Crippen molar-refractivity contribution in [1.82, 2.24) is 5.01 Å². The van der Waals surface area contributed by atoms with E-state index >= 15 is 0 Å². The normalized spacial score (nSPS) is 15.2. The summed E-state index contributed by atoms with van der Waals surface area (Å²) in [6.45, 7) is 0. The standard InChI is InChI=1S/C12H11BrClN3O2/c1-17-11(18)5-4-10(16-17)12(19)15-9-3-2-7(13)6-8(9)14/h2-3,6H,4-5H2,1H3,(H,15,19). The number of benzene rings is 1. The Morgan fingerprint density at radius 2 is 2.21 bits per heavy atom. The third kappa shape index (κ3) is 3.33. The highest BCUT2D eigenvalue weighted by Crippen LogP contribution is 2.25. The first-order chi connectivity index (χ1) is 8.97. The number of carbonyl (C=O) groups is 2. The molecular weight excluding hydrogens is 334 g/mol. The number of hydrazone groups is 1. The Hall–Kier alpha value is -1.40. The molecule has 7 heteroatoms. The van der Waals surface area contributed by atoms with Gasteiger partial charge < -0.3 is 5.32 Å². The maximum atomic E-state index is 12.0. The quantitative estimate of drug-likeness (QED) is 0.896. The molecule has 1 heterocycles. The predicted molar refractivity (Wildman–Crippen MR) is 77.2 cm³/mol. The molecule has 0 atom stereocenters. The molecule has 1 aromatic rings. The molecule has 0 saturated heterocycles. The zero-order chi connectivity index (χ0) is 14.0. The topological polar surface area (TPSA) is 61.8 Å². The summed E-state index contributed by atoms with van der Waals surface area (Å²) in [5, 5.41) is 8.24. The Kier molecular flexibility index (Phi) is 4.21. The second kappa shape index (κ2) is 5.71. The second-order valence-electron chi connectivity index (χ2n) is 4.04. The van der Waals surface area contributed by atoms with Crippen molar-refractivity contribution >= 4 is 50.7 Å². The number of hydrogen-bond acceptors (Lipinski definition) is 3. The summed E-state index contributed by atoms with van der Waals surface area (Å²) in [6, 6.07) is 5.16. The van der Waals surface area contributed by atoms with Crippen molar-refractivity contribution in [2.24, 2.45) is 5.10 Å². The monoisotopic (exact) mass is 343 g/mol. The van der Waals surface area contributed by atoms with Crippen LogP contribution in [0.2, 0.25) is 5.02 Å². The number of nitrogens with zero attached hydrogens (tertiary/aromatic N) is 2. The van der Waals surface area contributed by atoms with Crippen molar-refractivity contribution in [3.05, 3.63) is 27.7 Å². The number of hydrogen-bond donors (Lipinski definition) is 1. The Morgan fingerprint density at radius 3 is 2.84 bits per heavy atom. The van der Waals surface area contributed by atoms with E-state index in [0.717, 1.165) is 4.47 Å². The van der Waals surface area contributed by atoms with E-state index in [1.165, 1.54) is 12.1 Å². The van der Waals surface area contributed by atoms with Gasteiger partial charge in [0.15, 0.2) is 0 Å². The van der Waals surface area contributed by atoms with Crippen molar-refractivity contribution in [2.45, 2.75) is 12.8 Å². The Labute approximate surface area is 123 Å². The van der Waals surface area contributed by atoms with Crippen LogP contribution in [0.3, 0.4) is 0 Å². The minimum Gasteiger partial charge on any atom is -0.320 e. The third-order valence-electron chi connectivity index (χ3n) is 2.65. The zero-order valence-corrected chi connectivity index (χ0v) is 12.5. The minimum atomic E-state index is -0.344. The number of amides is 2. The molecular formula is C12H11BrClN3O2. The summed E-state index contributed by atoms with van der Waals surface area (Å²) in [5.41, 5.74) is 0.832. The van der Waals surface area contributed by atoms with E-state index in [1.807, 2.05) is 0 Å². The van der Waals surface area contributed by atoms with Crippen LogP contribution in [0.25, 0.3) is 0 Å². The molecule has 0 aliphatic carbocycles.